The number of aromatic hydroxyl groups is 1. The summed E-state index contributed by atoms with van der Waals surface area (Å²) in [6.07, 6.45) is 0. The largest absolute Gasteiger partial charge is 0.508 e. The molecule has 5 nitrogen and oxygen atoms in total. The van der Waals surface area contributed by atoms with Crippen LogP contribution in [0, 0.1) is 6.92 Å². The molecule has 1 aromatic carbocycles. The van der Waals surface area contributed by atoms with Crippen LogP contribution in [0.4, 0.5) is 0 Å². The lowest BCUT2D eigenvalue weighted by Gasteiger charge is -1.99. The van der Waals surface area contributed by atoms with E-state index in [0.29, 0.717) is 11.3 Å². The monoisotopic (exact) mass is 233 g/mol. The van der Waals surface area contributed by atoms with Crippen molar-refractivity contribution in [2.45, 2.75) is 6.92 Å². The van der Waals surface area contributed by atoms with Gasteiger partial charge in [-0.1, -0.05) is 17.3 Å². The van der Waals surface area contributed by atoms with Crippen LogP contribution < -0.4 is 0 Å². The number of hydrogen-bond acceptors (Lipinski definition) is 5. The Bertz CT molecular complexity index is 559. The van der Waals surface area contributed by atoms with Crippen molar-refractivity contribution in [3.63, 3.8) is 0 Å². The molecule has 0 radical (unpaired) electrons. The quantitative estimate of drug-likeness (QED) is 0.804. The molecule has 0 saturated carbocycles. The summed E-state index contributed by atoms with van der Waals surface area (Å²) in [6, 6.07) is 6.55. The van der Waals surface area contributed by atoms with E-state index in [1.807, 2.05) is 0 Å². The van der Waals surface area contributed by atoms with Crippen LogP contribution in [-0.4, -0.2) is 23.3 Å². The number of esters is 1. The Hall–Kier alpha value is -2.30. The predicted molar refractivity (Wildman–Crippen MR) is 59.7 cm³/mol. The SMILES string of the molecule is COC(=O)c1cc(-c2ccc(C)c(O)c2)on1. The highest BCUT2D eigenvalue weighted by Gasteiger charge is 2.14. The van der Waals surface area contributed by atoms with Gasteiger partial charge in [-0.2, -0.15) is 0 Å². The fourth-order valence-corrected chi connectivity index (χ4v) is 1.37. The second-order valence-electron chi connectivity index (χ2n) is 3.57. The van der Waals surface area contributed by atoms with Gasteiger partial charge in [0.15, 0.2) is 11.5 Å². The van der Waals surface area contributed by atoms with Crippen LogP contribution in [0.1, 0.15) is 16.1 Å². The smallest absolute Gasteiger partial charge is 0.360 e. The van der Waals surface area contributed by atoms with E-state index in [4.69, 9.17) is 4.52 Å². The number of aromatic nitrogens is 1. The van der Waals surface area contributed by atoms with Crippen molar-refractivity contribution in [2.75, 3.05) is 7.11 Å². The summed E-state index contributed by atoms with van der Waals surface area (Å²) in [5.41, 5.74) is 1.51. The molecule has 0 aliphatic heterocycles. The molecule has 0 spiro atoms. The van der Waals surface area contributed by atoms with Crippen LogP contribution in [0.3, 0.4) is 0 Å². The van der Waals surface area contributed by atoms with E-state index >= 15 is 0 Å². The van der Waals surface area contributed by atoms with Gasteiger partial charge in [0.2, 0.25) is 0 Å². The van der Waals surface area contributed by atoms with Gasteiger partial charge in [0.05, 0.1) is 7.11 Å². The molecule has 0 fully saturated rings. The summed E-state index contributed by atoms with van der Waals surface area (Å²) >= 11 is 0. The van der Waals surface area contributed by atoms with E-state index in [-0.39, 0.29) is 11.4 Å². The first kappa shape index (κ1) is 11.2. The molecule has 0 saturated heterocycles. The second-order valence-corrected chi connectivity index (χ2v) is 3.57. The summed E-state index contributed by atoms with van der Waals surface area (Å²) in [6.45, 7) is 1.79. The maximum atomic E-state index is 11.2. The van der Waals surface area contributed by atoms with Crippen molar-refractivity contribution >= 4 is 5.97 Å². The van der Waals surface area contributed by atoms with Gasteiger partial charge in [-0.3, -0.25) is 0 Å². The number of nitrogens with zero attached hydrogens (tertiary/aromatic N) is 1. The minimum absolute atomic E-state index is 0.0996. The van der Waals surface area contributed by atoms with Crippen molar-refractivity contribution < 1.29 is 19.2 Å². The van der Waals surface area contributed by atoms with Gasteiger partial charge in [0.25, 0.3) is 0 Å². The van der Waals surface area contributed by atoms with Crippen molar-refractivity contribution in [3.8, 4) is 17.1 Å². The minimum atomic E-state index is -0.559. The van der Waals surface area contributed by atoms with Gasteiger partial charge < -0.3 is 14.4 Å². The molecule has 2 rings (SSSR count). The van der Waals surface area contributed by atoms with Gasteiger partial charge >= 0.3 is 5.97 Å². The Kier molecular flexibility index (Phi) is 2.82. The summed E-state index contributed by atoms with van der Waals surface area (Å²) in [7, 11) is 1.27. The lowest BCUT2D eigenvalue weighted by Crippen LogP contribution is -2.00. The van der Waals surface area contributed by atoms with Crippen molar-refractivity contribution in [3.05, 3.63) is 35.5 Å². The molecule has 5 heteroatoms. The zero-order chi connectivity index (χ0) is 12.4. The third kappa shape index (κ3) is 2.13. The molecule has 0 amide bonds. The predicted octanol–water partition coefficient (Wildman–Crippen LogP) is 2.14. The highest BCUT2D eigenvalue weighted by Crippen LogP contribution is 2.26. The Balaban J connectivity index is 2.37. The number of phenolic OH excluding ortho intramolecular Hbond substituents is 1. The number of phenols is 1. The molecule has 2 aromatic rings. The Morgan fingerprint density at radius 1 is 1.41 bits per heavy atom. The third-order valence-electron chi connectivity index (χ3n) is 2.40. The first-order valence-corrected chi connectivity index (χ1v) is 4.97. The van der Waals surface area contributed by atoms with E-state index in [0.717, 1.165) is 5.56 Å². The topological polar surface area (TPSA) is 72.6 Å². The van der Waals surface area contributed by atoms with Crippen LogP contribution in [-0.2, 0) is 4.74 Å². The molecule has 0 bridgehead atoms. The average molecular weight is 233 g/mol. The van der Waals surface area contributed by atoms with Crippen LogP contribution in [0.25, 0.3) is 11.3 Å². The maximum Gasteiger partial charge on any atom is 0.360 e. The summed E-state index contributed by atoms with van der Waals surface area (Å²) < 4.78 is 9.52. The number of hydrogen-bond donors (Lipinski definition) is 1. The highest BCUT2D eigenvalue weighted by atomic mass is 16.5. The zero-order valence-corrected chi connectivity index (χ0v) is 9.43. The molecule has 17 heavy (non-hydrogen) atoms. The van der Waals surface area contributed by atoms with Gasteiger partial charge in [0.1, 0.15) is 5.75 Å². The van der Waals surface area contributed by atoms with Crippen molar-refractivity contribution in [2.24, 2.45) is 0 Å². The molecule has 0 atom stereocenters. The summed E-state index contributed by atoms with van der Waals surface area (Å²) in [5, 5.41) is 13.2. The number of benzene rings is 1. The molecule has 0 unspecified atom stereocenters. The van der Waals surface area contributed by atoms with Gasteiger partial charge in [-0.15, -0.1) is 0 Å². The van der Waals surface area contributed by atoms with E-state index in [1.165, 1.54) is 13.2 Å². The van der Waals surface area contributed by atoms with E-state index in [1.54, 1.807) is 25.1 Å². The molecule has 1 N–H and O–H groups in total. The lowest BCUT2D eigenvalue weighted by atomic mass is 10.1. The fourth-order valence-electron chi connectivity index (χ4n) is 1.37. The Labute approximate surface area is 97.6 Å². The second kappa shape index (κ2) is 4.29. The molecular formula is C12H11NO4. The maximum absolute atomic E-state index is 11.2. The summed E-state index contributed by atoms with van der Waals surface area (Å²) in [5.74, 6) is 0.00977. The lowest BCUT2D eigenvalue weighted by molar-refractivity contribution is 0.0589. The zero-order valence-electron chi connectivity index (χ0n) is 9.43. The van der Waals surface area contributed by atoms with Crippen LogP contribution in [0.2, 0.25) is 0 Å². The van der Waals surface area contributed by atoms with E-state index in [2.05, 4.69) is 9.89 Å². The Morgan fingerprint density at radius 2 is 2.18 bits per heavy atom. The minimum Gasteiger partial charge on any atom is -0.508 e. The molecule has 0 aliphatic rings. The molecule has 88 valence electrons. The number of ether oxygens (including phenoxy) is 1. The van der Waals surface area contributed by atoms with E-state index < -0.39 is 5.97 Å². The van der Waals surface area contributed by atoms with Gasteiger partial charge in [0, 0.05) is 11.6 Å². The number of aryl methyl sites for hydroxylation is 1. The standard InChI is InChI=1S/C12H11NO4/c1-7-3-4-8(5-10(7)14)11-6-9(13-17-11)12(15)16-2/h3-6,14H,1-2H3. The summed E-state index contributed by atoms with van der Waals surface area (Å²) in [4.78, 5) is 11.2. The molecule has 1 aromatic heterocycles. The number of rotatable bonds is 2. The molecule has 1 heterocycles. The van der Waals surface area contributed by atoms with Crippen LogP contribution >= 0.6 is 0 Å². The number of carbonyl (C=O) groups excluding carboxylic acids is 1. The average Bonchev–Trinajstić information content (AvgIpc) is 2.81. The Morgan fingerprint density at radius 3 is 2.82 bits per heavy atom. The first-order chi connectivity index (χ1) is 8.11. The number of carbonyl (C=O) groups is 1. The van der Waals surface area contributed by atoms with Crippen LogP contribution in [0.15, 0.2) is 28.8 Å². The van der Waals surface area contributed by atoms with Crippen molar-refractivity contribution in [1.29, 1.82) is 0 Å². The van der Waals surface area contributed by atoms with E-state index in [9.17, 15) is 9.90 Å². The van der Waals surface area contributed by atoms with Gasteiger partial charge in [-0.25, -0.2) is 4.79 Å². The van der Waals surface area contributed by atoms with Crippen LogP contribution in [0.5, 0.6) is 5.75 Å². The first-order valence-electron chi connectivity index (χ1n) is 4.97. The van der Waals surface area contributed by atoms with Gasteiger partial charge in [-0.05, 0) is 18.6 Å². The molecular weight excluding hydrogens is 222 g/mol. The normalized spacial score (nSPS) is 10.2. The fraction of sp³-hybridized carbons (Fsp3) is 0.167. The third-order valence-corrected chi connectivity index (χ3v) is 2.40. The van der Waals surface area contributed by atoms with Crippen molar-refractivity contribution in [1.82, 2.24) is 5.16 Å². The molecule has 0 aliphatic carbocycles. The number of methoxy groups -OCH3 is 1. The highest BCUT2D eigenvalue weighted by molar-refractivity contribution is 5.88.